The highest BCUT2D eigenvalue weighted by Gasteiger charge is 2.28. The van der Waals surface area contributed by atoms with Gasteiger partial charge in [-0.15, -0.1) is 0 Å². The number of carbonyl (C=O) groups is 2. The van der Waals surface area contributed by atoms with E-state index in [4.69, 9.17) is 0 Å². The molecule has 2 amide bonds. The normalized spacial score (nSPS) is 14.6. The predicted molar refractivity (Wildman–Crippen MR) is 110 cm³/mol. The number of amides is 2. The Morgan fingerprint density at radius 3 is 2.25 bits per heavy atom. The average molecular weight is 383 g/mol. The van der Waals surface area contributed by atoms with Crippen LogP contribution >= 0.6 is 0 Å². The summed E-state index contributed by atoms with van der Waals surface area (Å²) in [5.74, 6) is 0.253. The highest BCUT2D eigenvalue weighted by molar-refractivity contribution is 5.93. The standard InChI is InChI=1S/C22H30N4O2/c1-5-17(6-2)21(27)25-9-11-26(12-10-25)22(28)20-14-19(23-24-20)18-8-7-15(3)16(4)13-18/h7-8,13-14,17H,5-6,9-12H2,1-4H3,(H,23,24). The van der Waals surface area contributed by atoms with Crippen LogP contribution in [0.5, 0.6) is 0 Å². The number of H-pyrrole nitrogens is 1. The number of nitrogens with one attached hydrogen (secondary N) is 1. The van der Waals surface area contributed by atoms with Crippen molar-refractivity contribution in [2.24, 2.45) is 5.92 Å². The van der Waals surface area contributed by atoms with Crippen LogP contribution in [0.1, 0.15) is 48.3 Å². The first-order valence-corrected chi connectivity index (χ1v) is 10.2. The number of aromatic nitrogens is 2. The molecule has 0 atom stereocenters. The molecule has 1 fully saturated rings. The number of rotatable bonds is 5. The van der Waals surface area contributed by atoms with Gasteiger partial charge in [-0.2, -0.15) is 5.10 Å². The van der Waals surface area contributed by atoms with Crippen LogP contribution in [0.15, 0.2) is 24.3 Å². The zero-order valence-electron chi connectivity index (χ0n) is 17.3. The van der Waals surface area contributed by atoms with E-state index in [-0.39, 0.29) is 17.7 Å². The Bertz CT molecular complexity index is 846. The molecule has 0 bridgehead atoms. The number of benzene rings is 1. The molecule has 1 aromatic carbocycles. The van der Waals surface area contributed by atoms with E-state index in [2.05, 4.69) is 50.0 Å². The lowest BCUT2D eigenvalue weighted by atomic mass is 10.0. The van der Waals surface area contributed by atoms with Crippen molar-refractivity contribution < 1.29 is 9.59 Å². The summed E-state index contributed by atoms with van der Waals surface area (Å²) >= 11 is 0. The molecular weight excluding hydrogens is 352 g/mol. The topological polar surface area (TPSA) is 69.3 Å². The first-order chi connectivity index (χ1) is 13.4. The summed E-state index contributed by atoms with van der Waals surface area (Å²) in [6, 6.07) is 7.99. The molecule has 1 N–H and O–H groups in total. The molecule has 3 rings (SSSR count). The van der Waals surface area contributed by atoms with E-state index in [1.165, 1.54) is 11.1 Å². The van der Waals surface area contributed by atoms with Crippen LogP contribution in [-0.2, 0) is 4.79 Å². The maximum Gasteiger partial charge on any atom is 0.272 e. The summed E-state index contributed by atoms with van der Waals surface area (Å²) in [6.45, 7) is 10.6. The summed E-state index contributed by atoms with van der Waals surface area (Å²) < 4.78 is 0. The fraction of sp³-hybridized carbons (Fsp3) is 0.500. The van der Waals surface area contributed by atoms with Gasteiger partial charge in [0.2, 0.25) is 5.91 Å². The Hall–Kier alpha value is -2.63. The molecular formula is C22H30N4O2. The summed E-state index contributed by atoms with van der Waals surface area (Å²) in [4.78, 5) is 29.1. The molecule has 1 aliphatic heterocycles. The van der Waals surface area contributed by atoms with Crippen molar-refractivity contribution in [3.63, 3.8) is 0 Å². The van der Waals surface area contributed by atoms with Gasteiger partial charge in [0.25, 0.3) is 5.91 Å². The van der Waals surface area contributed by atoms with Gasteiger partial charge in [0, 0.05) is 37.7 Å². The van der Waals surface area contributed by atoms with E-state index in [0.717, 1.165) is 24.1 Å². The van der Waals surface area contributed by atoms with Crippen molar-refractivity contribution in [1.82, 2.24) is 20.0 Å². The largest absolute Gasteiger partial charge is 0.339 e. The second kappa shape index (κ2) is 8.59. The maximum atomic E-state index is 12.8. The minimum absolute atomic E-state index is 0.0581. The maximum absolute atomic E-state index is 12.8. The smallest absolute Gasteiger partial charge is 0.272 e. The van der Waals surface area contributed by atoms with E-state index in [9.17, 15) is 9.59 Å². The summed E-state index contributed by atoms with van der Waals surface area (Å²) in [5.41, 5.74) is 4.70. The molecule has 0 aliphatic carbocycles. The lowest BCUT2D eigenvalue weighted by Crippen LogP contribution is -2.52. The third-order valence-electron chi connectivity index (χ3n) is 5.82. The van der Waals surface area contributed by atoms with Crippen LogP contribution in [0.25, 0.3) is 11.3 Å². The minimum atomic E-state index is -0.0581. The molecule has 28 heavy (non-hydrogen) atoms. The molecule has 2 aromatic rings. The summed E-state index contributed by atoms with van der Waals surface area (Å²) in [5, 5.41) is 7.21. The molecule has 150 valence electrons. The van der Waals surface area contributed by atoms with E-state index in [1.54, 1.807) is 4.90 Å². The van der Waals surface area contributed by atoms with Crippen LogP contribution in [-0.4, -0.2) is 58.0 Å². The quantitative estimate of drug-likeness (QED) is 0.861. The van der Waals surface area contributed by atoms with Crippen molar-refractivity contribution in [3.05, 3.63) is 41.1 Å². The molecule has 1 saturated heterocycles. The predicted octanol–water partition coefficient (Wildman–Crippen LogP) is 3.41. The number of aryl methyl sites for hydroxylation is 2. The highest BCUT2D eigenvalue weighted by atomic mass is 16.2. The second-order valence-electron chi connectivity index (χ2n) is 7.60. The summed E-state index contributed by atoms with van der Waals surface area (Å²) in [6.07, 6.45) is 1.73. The van der Waals surface area contributed by atoms with Gasteiger partial charge < -0.3 is 9.80 Å². The molecule has 6 nitrogen and oxygen atoms in total. The van der Waals surface area contributed by atoms with Gasteiger partial charge in [0.15, 0.2) is 0 Å². The number of aromatic amines is 1. The van der Waals surface area contributed by atoms with Crippen LogP contribution in [0, 0.1) is 19.8 Å². The fourth-order valence-electron chi connectivity index (χ4n) is 3.68. The summed E-state index contributed by atoms with van der Waals surface area (Å²) in [7, 11) is 0. The van der Waals surface area contributed by atoms with Crippen LogP contribution < -0.4 is 0 Å². The number of carbonyl (C=O) groups excluding carboxylic acids is 2. The van der Waals surface area contributed by atoms with Crippen molar-refractivity contribution in [2.75, 3.05) is 26.2 Å². The Labute approximate surface area is 166 Å². The monoisotopic (exact) mass is 382 g/mol. The molecule has 0 spiro atoms. The highest BCUT2D eigenvalue weighted by Crippen LogP contribution is 2.22. The Morgan fingerprint density at radius 2 is 1.64 bits per heavy atom. The Kier molecular flexibility index (Phi) is 6.17. The van der Waals surface area contributed by atoms with Crippen LogP contribution in [0.2, 0.25) is 0 Å². The molecule has 1 aliphatic rings. The van der Waals surface area contributed by atoms with Crippen molar-refractivity contribution in [1.29, 1.82) is 0 Å². The van der Waals surface area contributed by atoms with Crippen LogP contribution in [0.4, 0.5) is 0 Å². The van der Waals surface area contributed by atoms with E-state index in [0.29, 0.717) is 31.9 Å². The third kappa shape index (κ3) is 4.11. The van der Waals surface area contributed by atoms with Gasteiger partial charge in [-0.1, -0.05) is 26.0 Å². The van der Waals surface area contributed by atoms with Gasteiger partial charge >= 0.3 is 0 Å². The van der Waals surface area contributed by atoms with E-state index in [1.807, 2.05) is 17.0 Å². The fourth-order valence-corrected chi connectivity index (χ4v) is 3.68. The van der Waals surface area contributed by atoms with Gasteiger partial charge in [0.05, 0.1) is 5.69 Å². The first kappa shape index (κ1) is 20.1. The number of piperazine rings is 1. The van der Waals surface area contributed by atoms with Gasteiger partial charge in [-0.05, 0) is 49.9 Å². The zero-order chi connectivity index (χ0) is 20.3. The Morgan fingerprint density at radius 1 is 1.00 bits per heavy atom. The molecule has 6 heteroatoms. The molecule has 0 unspecified atom stereocenters. The number of nitrogens with zero attached hydrogens (tertiary/aromatic N) is 3. The molecule has 2 heterocycles. The van der Waals surface area contributed by atoms with Gasteiger partial charge in [0.1, 0.15) is 5.69 Å². The SMILES string of the molecule is CCC(CC)C(=O)N1CCN(C(=O)c2cc(-c3ccc(C)c(C)c3)n[nH]2)CC1. The Balaban J connectivity index is 1.64. The second-order valence-corrected chi connectivity index (χ2v) is 7.60. The number of hydrogen-bond donors (Lipinski definition) is 1. The molecule has 1 aromatic heterocycles. The lowest BCUT2D eigenvalue weighted by Gasteiger charge is -2.36. The van der Waals surface area contributed by atoms with Crippen molar-refractivity contribution >= 4 is 11.8 Å². The van der Waals surface area contributed by atoms with Crippen LogP contribution in [0.3, 0.4) is 0 Å². The molecule has 0 radical (unpaired) electrons. The average Bonchev–Trinajstić information content (AvgIpc) is 3.20. The first-order valence-electron chi connectivity index (χ1n) is 10.2. The van der Waals surface area contributed by atoms with Gasteiger partial charge in [-0.3, -0.25) is 14.7 Å². The van der Waals surface area contributed by atoms with Crippen molar-refractivity contribution in [3.8, 4) is 11.3 Å². The number of hydrogen-bond acceptors (Lipinski definition) is 3. The lowest BCUT2D eigenvalue weighted by molar-refractivity contribution is -0.137. The van der Waals surface area contributed by atoms with Crippen molar-refractivity contribution in [2.45, 2.75) is 40.5 Å². The van der Waals surface area contributed by atoms with E-state index >= 15 is 0 Å². The van der Waals surface area contributed by atoms with E-state index < -0.39 is 0 Å². The minimum Gasteiger partial charge on any atom is -0.339 e. The van der Waals surface area contributed by atoms with Gasteiger partial charge in [-0.25, -0.2) is 0 Å². The molecule has 0 saturated carbocycles. The zero-order valence-corrected chi connectivity index (χ0v) is 17.3. The third-order valence-corrected chi connectivity index (χ3v) is 5.82.